The molecule has 2 rings (SSSR count). The molecule has 2 aromatic rings. The lowest BCUT2D eigenvalue weighted by atomic mass is 10.1. The number of aromatic carboxylic acids is 1. The van der Waals surface area contributed by atoms with E-state index >= 15 is 0 Å². The number of halogens is 2. The molecule has 3 nitrogen and oxygen atoms in total. The van der Waals surface area contributed by atoms with Crippen molar-refractivity contribution in [2.45, 2.75) is 6.92 Å². The first-order valence-electron chi connectivity index (χ1n) is 4.22. The van der Waals surface area contributed by atoms with Crippen molar-refractivity contribution in [1.82, 2.24) is 4.98 Å². The molecule has 0 radical (unpaired) electrons. The Balaban J connectivity index is 2.96. The molecule has 78 valence electrons. The van der Waals surface area contributed by atoms with E-state index in [1.54, 1.807) is 13.0 Å². The lowest BCUT2D eigenvalue weighted by molar-refractivity contribution is 0.0698. The van der Waals surface area contributed by atoms with Crippen LogP contribution in [0.1, 0.15) is 16.1 Å². The molecule has 1 aromatic heterocycles. The number of nitrogens with one attached hydrogen (secondary N) is 1. The van der Waals surface area contributed by atoms with Crippen molar-refractivity contribution in [3.63, 3.8) is 0 Å². The standard InChI is InChI=1S/C10H7ClFNO2/c1-4-7(10(14)15)8-6(13-4)3-2-5(11)9(8)12/h2-3,13H,1H3,(H,14,15). The van der Waals surface area contributed by atoms with E-state index in [1.165, 1.54) is 6.07 Å². The molecular weight excluding hydrogens is 221 g/mol. The molecule has 0 spiro atoms. The predicted molar refractivity (Wildman–Crippen MR) is 55.0 cm³/mol. The second-order valence-corrected chi connectivity index (χ2v) is 3.62. The van der Waals surface area contributed by atoms with E-state index in [9.17, 15) is 9.18 Å². The lowest BCUT2D eigenvalue weighted by Crippen LogP contribution is -1.98. The first-order chi connectivity index (χ1) is 7.02. The van der Waals surface area contributed by atoms with E-state index < -0.39 is 11.8 Å². The maximum Gasteiger partial charge on any atom is 0.338 e. The van der Waals surface area contributed by atoms with E-state index in [0.29, 0.717) is 11.2 Å². The quantitative estimate of drug-likeness (QED) is 0.787. The first-order valence-corrected chi connectivity index (χ1v) is 4.59. The van der Waals surface area contributed by atoms with Crippen molar-refractivity contribution < 1.29 is 14.3 Å². The fourth-order valence-corrected chi connectivity index (χ4v) is 1.78. The molecule has 0 aliphatic heterocycles. The van der Waals surface area contributed by atoms with E-state index in [-0.39, 0.29) is 16.0 Å². The van der Waals surface area contributed by atoms with Gasteiger partial charge in [-0.25, -0.2) is 9.18 Å². The van der Waals surface area contributed by atoms with E-state index in [1.807, 2.05) is 0 Å². The van der Waals surface area contributed by atoms with Crippen LogP contribution < -0.4 is 0 Å². The van der Waals surface area contributed by atoms with Gasteiger partial charge in [0.2, 0.25) is 0 Å². The van der Waals surface area contributed by atoms with Gasteiger partial charge in [0.15, 0.2) is 5.82 Å². The highest BCUT2D eigenvalue weighted by molar-refractivity contribution is 6.31. The van der Waals surface area contributed by atoms with E-state index in [2.05, 4.69) is 4.98 Å². The van der Waals surface area contributed by atoms with Crippen LogP contribution in [0.15, 0.2) is 12.1 Å². The Kier molecular flexibility index (Phi) is 2.16. The van der Waals surface area contributed by atoms with Crippen molar-refractivity contribution in [3.05, 3.63) is 34.2 Å². The van der Waals surface area contributed by atoms with Gasteiger partial charge in [-0.05, 0) is 19.1 Å². The molecule has 1 aromatic carbocycles. The highest BCUT2D eigenvalue weighted by Crippen LogP contribution is 2.29. The van der Waals surface area contributed by atoms with Gasteiger partial charge in [-0.3, -0.25) is 0 Å². The zero-order valence-electron chi connectivity index (χ0n) is 7.77. The number of hydrogen-bond donors (Lipinski definition) is 2. The third-order valence-electron chi connectivity index (χ3n) is 2.26. The van der Waals surface area contributed by atoms with Gasteiger partial charge in [0, 0.05) is 11.2 Å². The van der Waals surface area contributed by atoms with Crippen molar-refractivity contribution in [3.8, 4) is 0 Å². The molecule has 0 atom stereocenters. The number of carboxylic acids is 1. The maximum atomic E-state index is 13.6. The maximum absolute atomic E-state index is 13.6. The molecule has 0 aliphatic carbocycles. The van der Waals surface area contributed by atoms with Crippen LogP contribution >= 0.6 is 11.6 Å². The van der Waals surface area contributed by atoms with Crippen LogP contribution in [0.5, 0.6) is 0 Å². The number of H-pyrrole nitrogens is 1. The Labute approximate surface area is 89.5 Å². The minimum absolute atomic E-state index is 0.0347. The van der Waals surface area contributed by atoms with Gasteiger partial charge >= 0.3 is 5.97 Å². The molecule has 1 heterocycles. The van der Waals surface area contributed by atoms with Crippen LogP contribution in [0.2, 0.25) is 5.02 Å². The number of carboxylic acid groups (broad SMARTS) is 1. The molecule has 0 saturated carbocycles. The molecule has 0 fully saturated rings. The third kappa shape index (κ3) is 1.37. The smallest absolute Gasteiger partial charge is 0.338 e. The summed E-state index contributed by atoms with van der Waals surface area (Å²) in [5, 5.41) is 8.89. The van der Waals surface area contributed by atoms with E-state index in [4.69, 9.17) is 16.7 Å². The third-order valence-corrected chi connectivity index (χ3v) is 2.55. The lowest BCUT2D eigenvalue weighted by Gasteiger charge is -1.97. The summed E-state index contributed by atoms with van der Waals surface area (Å²) in [6.45, 7) is 1.58. The summed E-state index contributed by atoms with van der Waals surface area (Å²) in [7, 11) is 0. The number of carbonyl (C=O) groups is 1. The normalized spacial score (nSPS) is 10.9. The Hall–Kier alpha value is -1.55. The second-order valence-electron chi connectivity index (χ2n) is 3.21. The van der Waals surface area contributed by atoms with Gasteiger partial charge in [-0.15, -0.1) is 0 Å². The molecule has 5 heteroatoms. The largest absolute Gasteiger partial charge is 0.478 e. The minimum Gasteiger partial charge on any atom is -0.478 e. The van der Waals surface area contributed by atoms with Crippen LogP contribution in [-0.4, -0.2) is 16.1 Å². The number of rotatable bonds is 1. The Morgan fingerprint density at radius 3 is 2.80 bits per heavy atom. The topological polar surface area (TPSA) is 53.1 Å². The molecular formula is C10H7ClFNO2. The fourth-order valence-electron chi connectivity index (χ4n) is 1.62. The molecule has 2 N–H and O–H groups in total. The molecule has 0 bridgehead atoms. The van der Waals surface area contributed by atoms with Gasteiger partial charge in [0.25, 0.3) is 0 Å². The zero-order valence-corrected chi connectivity index (χ0v) is 8.52. The van der Waals surface area contributed by atoms with Crippen LogP contribution in [0, 0.1) is 12.7 Å². The molecule has 15 heavy (non-hydrogen) atoms. The number of aromatic amines is 1. The van der Waals surface area contributed by atoms with Crippen molar-refractivity contribution >= 4 is 28.5 Å². The van der Waals surface area contributed by atoms with Crippen LogP contribution in [-0.2, 0) is 0 Å². The summed E-state index contributed by atoms with van der Waals surface area (Å²) in [6, 6.07) is 2.95. The first kappa shape index (κ1) is 9.98. The summed E-state index contributed by atoms with van der Waals surface area (Å²) in [6.07, 6.45) is 0. The highest BCUT2D eigenvalue weighted by Gasteiger charge is 2.19. The molecule has 0 aliphatic rings. The number of hydrogen-bond acceptors (Lipinski definition) is 1. The SMILES string of the molecule is Cc1[nH]c2ccc(Cl)c(F)c2c1C(=O)O. The number of aromatic nitrogens is 1. The van der Waals surface area contributed by atoms with Crippen LogP contribution in [0.25, 0.3) is 10.9 Å². The average molecular weight is 228 g/mol. The molecule has 0 saturated heterocycles. The summed E-state index contributed by atoms with van der Waals surface area (Å²) in [5.74, 6) is -1.86. The summed E-state index contributed by atoms with van der Waals surface area (Å²) in [5.41, 5.74) is 0.787. The van der Waals surface area contributed by atoms with Gasteiger partial charge < -0.3 is 10.1 Å². The van der Waals surface area contributed by atoms with Crippen molar-refractivity contribution in [2.24, 2.45) is 0 Å². The number of benzene rings is 1. The zero-order chi connectivity index (χ0) is 11.2. The van der Waals surface area contributed by atoms with Crippen LogP contribution in [0.4, 0.5) is 4.39 Å². The Bertz CT molecular complexity index is 562. The minimum atomic E-state index is -1.17. The van der Waals surface area contributed by atoms with Crippen molar-refractivity contribution in [1.29, 1.82) is 0 Å². The Morgan fingerprint density at radius 2 is 2.20 bits per heavy atom. The summed E-state index contributed by atoms with van der Waals surface area (Å²) in [4.78, 5) is 13.7. The highest BCUT2D eigenvalue weighted by atomic mass is 35.5. The van der Waals surface area contributed by atoms with E-state index in [0.717, 1.165) is 0 Å². The van der Waals surface area contributed by atoms with Gasteiger partial charge in [-0.1, -0.05) is 11.6 Å². The van der Waals surface area contributed by atoms with Gasteiger partial charge in [0.05, 0.1) is 16.0 Å². The second kappa shape index (κ2) is 3.24. The number of fused-ring (bicyclic) bond motifs is 1. The predicted octanol–water partition coefficient (Wildman–Crippen LogP) is 2.97. The fraction of sp³-hybridized carbons (Fsp3) is 0.100. The average Bonchev–Trinajstić information content (AvgIpc) is 2.49. The Morgan fingerprint density at radius 1 is 1.53 bits per heavy atom. The molecule has 0 amide bonds. The summed E-state index contributed by atoms with van der Waals surface area (Å²) >= 11 is 5.59. The van der Waals surface area contributed by atoms with Gasteiger partial charge in [0.1, 0.15) is 0 Å². The van der Waals surface area contributed by atoms with Crippen molar-refractivity contribution in [2.75, 3.05) is 0 Å². The van der Waals surface area contributed by atoms with Crippen LogP contribution in [0.3, 0.4) is 0 Å². The van der Waals surface area contributed by atoms with Gasteiger partial charge in [-0.2, -0.15) is 0 Å². The molecule has 0 unspecified atom stereocenters. The number of aryl methyl sites for hydroxylation is 1. The monoisotopic (exact) mass is 227 g/mol. The summed E-state index contributed by atoms with van der Waals surface area (Å²) < 4.78 is 13.6.